The summed E-state index contributed by atoms with van der Waals surface area (Å²) in [6.07, 6.45) is 8.51. The van der Waals surface area contributed by atoms with Gasteiger partial charge in [-0.25, -0.2) is 0 Å². The molecule has 0 radical (unpaired) electrons. The van der Waals surface area contributed by atoms with Crippen LogP contribution in [0.1, 0.15) is 53.4 Å². The zero-order valence-electron chi connectivity index (χ0n) is 10.5. The lowest BCUT2D eigenvalue weighted by Crippen LogP contribution is -2.32. The molecule has 1 nitrogen and oxygen atoms in total. The molecule has 1 aliphatic carbocycles. The highest BCUT2D eigenvalue weighted by atomic mass is 16.1. The van der Waals surface area contributed by atoms with Crippen molar-refractivity contribution in [2.45, 2.75) is 53.4 Å². The molecular weight excluding hydrogens is 184 g/mol. The smallest absolute Gasteiger partial charge is 0.155 e. The van der Waals surface area contributed by atoms with Gasteiger partial charge in [0.1, 0.15) is 0 Å². The standard InChI is InChI=1S/C14H24O/c1-5-12(15)8-9-13-11(2)7-6-10-14(13,3)4/h8-9,11,13H,5-7,10H2,1-4H3. The molecule has 2 unspecified atom stereocenters. The summed E-state index contributed by atoms with van der Waals surface area (Å²) in [6.45, 7) is 8.89. The number of ketones is 1. The quantitative estimate of drug-likeness (QED) is 0.641. The van der Waals surface area contributed by atoms with Crippen LogP contribution in [0.5, 0.6) is 0 Å². The molecule has 1 aliphatic rings. The molecule has 0 aliphatic heterocycles. The van der Waals surface area contributed by atoms with E-state index >= 15 is 0 Å². The average Bonchev–Trinajstić information content (AvgIpc) is 2.15. The lowest BCUT2D eigenvalue weighted by Gasteiger charge is -2.41. The summed E-state index contributed by atoms with van der Waals surface area (Å²) < 4.78 is 0. The van der Waals surface area contributed by atoms with Crippen molar-refractivity contribution in [3.8, 4) is 0 Å². The van der Waals surface area contributed by atoms with Gasteiger partial charge in [0, 0.05) is 6.42 Å². The summed E-state index contributed by atoms with van der Waals surface area (Å²) in [4.78, 5) is 11.3. The van der Waals surface area contributed by atoms with Crippen LogP contribution in [0, 0.1) is 17.3 Å². The second-order valence-electron chi connectivity index (χ2n) is 5.56. The first kappa shape index (κ1) is 12.5. The number of rotatable bonds is 3. The summed E-state index contributed by atoms with van der Waals surface area (Å²) in [5, 5.41) is 0. The molecule has 86 valence electrons. The van der Waals surface area contributed by atoms with Crippen molar-refractivity contribution < 1.29 is 4.79 Å². The molecule has 2 atom stereocenters. The van der Waals surface area contributed by atoms with Gasteiger partial charge >= 0.3 is 0 Å². The minimum Gasteiger partial charge on any atom is -0.295 e. The van der Waals surface area contributed by atoms with E-state index in [1.807, 2.05) is 6.92 Å². The largest absolute Gasteiger partial charge is 0.295 e. The van der Waals surface area contributed by atoms with Gasteiger partial charge in [0.15, 0.2) is 5.78 Å². The van der Waals surface area contributed by atoms with Crippen LogP contribution in [0.25, 0.3) is 0 Å². The minimum absolute atomic E-state index is 0.253. The molecule has 1 fully saturated rings. The number of allylic oxidation sites excluding steroid dienone is 2. The van der Waals surface area contributed by atoms with Crippen LogP contribution in [0.4, 0.5) is 0 Å². The second kappa shape index (κ2) is 4.96. The zero-order chi connectivity index (χ0) is 11.5. The molecule has 0 heterocycles. The molecule has 15 heavy (non-hydrogen) atoms. The van der Waals surface area contributed by atoms with Gasteiger partial charge in [-0.2, -0.15) is 0 Å². The Kier molecular flexibility index (Phi) is 4.12. The van der Waals surface area contributed by atoms with Crippen LogP contribution in [0.2, 0.25) is 0 Å². The predicted octanol–water partition coefficient (Wildman–Crippen LogP) is 3.98. The minimum atomic E-state index is 0.253. The van der Waals surface area contributed by atoms with E-state index in [4.69, 9.17) is 0 Å². The fourth-order valence-electron chi connectivity index (χ4n) is 2.78. The molecule has 1 saturated carbocycles. The lowest BCUT2D eigenvalue weighted by atomic mass is 9.64. The van der Waals surface area contributed by atoms with E-state index in [-0.39, 0.29) is 5.78 Å². The van der Waals surface area contributed by atoms with Crippen molar-refractivity contribution in [3.05, 3.63) is 12.2 Å². The zero-order valence-corrected chi connectivity index (χ0v) is 10.5. The van der Waals surface area contributed by atoms with Crippen LogP contribution in [-0.4, -0.2) is 5.78 Å². The van der Waals surface area contributed by atoms with Gasteiger partial charge in [-0.3, -0.25) is 4.79 Å². The SMILES string of the molecule is CCC(=O)C=CC1C(C)CCCC1(C)C. The highest BCUT2D eigenvalue weighted by Crippen LogP contribution is 2.44. The monoisotopic (exact) mass is 208 g/mol. The number of hydrogen-bond donors (Lipinski definition) is 0. The first-order valence-corrected chi connectivity index (χ1v) is 6.18. The van der Waals surface area contributed by atoms with E-state index in [1.54, 1.807) is 6.08 Å². The molecular formula is C14H24O. The Morgan fingerprint density at radius 2 is 2.13 bits per heavy atom. The molecule has 0 amide bonds. The molecule has 0 aromatic rings. The van der Waals surface area contributed by atoms with Gasteiger partial charge in [-0.05, 0) is 29.7 Å². The third-order valence-corrected chi connectivity index (χ3v) is 3.83. The van der Waals surface area contributed by atoms with Crippen molar-refractivity contribution in [2.75, 3.05) is 0 Å². The van der Waals surface area contributed by atoms with Gasteiger partial charge in [0.2, 0.25) is 0 Å². The Labute approximate surface area is 93.9 Å². The molecule has 0 saturated heterocycles. The first-order chi connectivity index (χ1) is 6.97. The number of hydrogen-bond acceptors (Lipinski definition) is 1. The molecule has 0 aromatic carbocycles. The van der Waals surface area contributed by atoms with E-state index < -0.39 is 0 Å². The average molecular weight is 208 g/mol. The first-order valence-electron chi connectivity index (χ1n) is 6.18. The molecule has 0 N–H and O–H groups in total. The van der Waals surface area contributed by atoms with Crippen molar-refractivity contribution in [1.29, 1.82) is 0 Å². The van der Waals surface area contributed by atoms with Crippen LogP contribution in [-0.2, 0) is 4.79 Å². The summed E-state index contributed by atoms with van der Waals surface area (Å²) in [5.41, 5.74) is 0.363. The summed E-state index contributed by atoms with van der Waals surface area (Å²) in [6, 6.07) is 0. The van der Waals surface area contributed by atoms with Gasteiger partial charge in [-0.1, -0.05) is 46.6 Å². The summed E-state index contributed by atoms with van der Waals surface area (Å²) in [5.74, 6) is 1.54. The van der Waals surface area contributed by atoms with Gasteiger partial charge in [0.05, 0.1) is 0 Å². The fraction of sp³-hybridized carbons (Fsp3) is 0.786. The molecule has 0 aromatic heterocycles. The summed E-state index contributed by atoms with van der Waals surface area (Å²) >= 11 is 0. The highest BCUT2D eigenvalue weighted by Gasteiger charge is 2.34. The predicted molar refractivity (Wildman–Crippen MR) is 64.7 cm³/mol. The lowest BCUT2D eigenvalue weighted by molar-refractivity contribution is -0.114. The fourth-order valence-corrected chi connectivity index (χ4v) is 2.78. The van der Waals surface area contributed by atoms with E-state index in [9.17, 15) is 4.79 Å². The van der Waals surface area contributed by atoms with Crippen molar-refractivity contribution in [2.24, 2.45) is 17.3 Å². The van der Waals surface area contributed by atoms with Crippen molar-refractivity contribution >= 4 is 5.78 Å². The Morgan fingerprint density at radius 1 is 1.47 bits per heavy atom. The second-order valence-corrected chi connectivity index (χ2v) is 5.56. The van der Waals surface area contributed by atoms with Crippen molar-refractivity contribution in [1.82, 2.24) is 0 Å². The van der Waals surface area contributed by atoms with Crippen LogP contribution in [0.15, 0.2) is 12.2 Å². The van der Waals surface area contributed by atoms with Gasteiger partial charge in [0.25, 0.3) is 0 Å². The molecule has 0 spiro atoms. The van der Waals surface area contributed by atoms with Gasteiger partial charge in [-0.15, -0.1) is 0 Å². The highest BCUT2D eigenvalue weighted by molar-refractivity contribution is 5.89. The van der Waals surface area contributed by atoms with E-state index in [2.05, 4.69) is 26.8 Å². The van der Waals surface area contributed by atoms with E-state index in [0.29, 0.717) is 17.8 Å². The van der Waals surface area contributed by atoms with E-state index in [1.165, 1.54) is 19.3 Å². The third kappa shape index (κ3) is 3.19. The summed E-state index contributed by atoms with van der Waals surface area (Å²) in [7, 11) is 0. The maximum atomic E-state index is 11.3. The van der Waals surface area contributed by atoms with Crippen LogP contribution < -0.4 is 0 Å². The molecule has 1 heteroatoms. The normalized spacial score (nSPS) is 30.7. The van der Waals surface area contributed by atoms with Gasteiger partial charge < -0.3 is 0 Å². The van der Waals surface area contributed by atoms with Crippen LogP contribution in [0.3, 0.4) is 0 Å². The maximum absolute atomic E-state index is 11.3. The third-order valence-electron chi connectivity index (χ3n) is 3.83. The Morgan fingerprint density at radius 3 is 2.67 bits per heavy atom. The number of carbonyl (C=O) groups is 1. The topological polar surface area (TPSA) is 17.1 Å². The Hall–Kier alpha value is -0.590. The number of carbonyl (C=O) groups excluding carboxylic acids is 1. The molecule has 0 bridgehead atoms. The molecule has 1 rings (SSSR count). The Bertz CT molecular complexity index is 250. The maximum Gasteiger partial charge on any atom is 0.155 e. The van der Waals surface area contributed by atoms with Crippen molar-refractivity contribution in [3.63, 3.8) is 0 Å². The van der Waals surface area contributed by atoms with Crippen LogP contribution >= 0.6 is 0 Å². The van der Waals surface area contributed by atoms with E-state index in [0.717, 1.165) is 5.92 Å². The Balaban J connectivity index is 2.71.